The molecule has 3 rings (SSSR count). The average Bonchev–Trinajstić information content (AvgIpc) is 3.14. The Balaban J connectivity index is 0.00000192. The number of hydrogen-bond donors (Lipinski definition) is 2. The molecule has 1 aliphatic rings. The molecule has 1 aromatic heterocycles. The van der Waals surface area contributed by atoms with Crippen LogP contribution in [0.5, 0.6) is 0 Å². The van der Waals surface area contributed by atoms with E-state index in [-0.39, 0.29) is 29.4 Å². The minimum atomic E-state index is 0. The van der Waals surface area contributed by atoms with Crippen molar-refractivity contribution in [2.75, 3.05) is 13.1 Å². The molecule has 0 spiro atoms. The first kappa shape index (κ1) is 18.7. The van der Waals surface area contributed by atoms with Crippen molar-refractivity contribution in [3.63, 3.8) is 0 Å². The number of halogens is 2. The summed E-state index contributed by atoms with van der Waals surface area (Å²) >= 11 is 5.32. The fourth-order valence-electron chi connectivity index (χ4n) is 2.57. The van der Waals surface area contributed by atoms with Crippen LogP contribution in [-0.4, -0.2) is 19.0 Å². The van der Waals surface area contributed by atoms with E-state index in [1.54, 1.807) is 11.3 Å². The molecule has 1 aliphatic carbocycles. The molecule has 0 amide bonds. The Morgan fingerprint density at radius 2 is 2.13 bits per heavy atom. The first-order valence-corrected chi connectivity index (χ1v) is 9.17. The van der Waals surface area contributed by atoms with Gasteiger partial charge in [-0.2, -0.15) is 0 Å². The van der Waals surface area contributed by atoms with Crippen LogP contribution in [0.2, 0.25) is 0 Å². The summed E-state index contributed by atoms with van der Waals surface area (Å²) in [6, 6.07) is 12.8. The van der Waals surface area contributed by atoms with Crippen LogP contribution >= 0.6 is 51.2 Å². The minimum Gasteiger partial charge on any atom is -0.370 e. The van der Waals surface area contributed by atoms with Crippen LogP contribution in [0.1, 0.15) is 23.3 Å². The van der Waals surface area contributed by atoms with E-state index in [1.807, 2.05) is 0 Å². The van der Waals surface area contributed by atoms with Gasteiger partial charge in [0.1, 0.15) is 0 Å². The summed E-state index contributed by atoms with van der Waals surface area (Å²) in [5.74, 6) is 0.554. The molecule has 6 heteroatoms. The van der Waals surface area contributed by atoms with E-state index in [0.717, 1.165) is 24.0 Å². The lowest BCUT2D eigenvalue weighted by molar-refractivity contribution is 0.699. The lowest BCUT2D eigenvalue weighted by Gasteiger charge is -2.14. The van der Waals surface area contributed by atoms with Gasteiger partial charge in [-0.1, -0.05) is 34.1 Å². The van der Waals surface area contributed by atoms with E-state index >= 15 is 0 Å². The molecule has 3 N–H and O–H groups in total. The Bertz CT molecular complexity index is 654. The number of thiophene rings is 1. The van der Waals surface area contributed by atoms with Gasteiger partial charge in [-0.25, -0.2) is 0 Å². The van der Waals surface area contributed by atoms with E-state index in [0.29, 0.717) is 5.96 Å². The maximum Gasteiger partial charge on any atom is 0.188 e. The smallest absolute Gasteiger partial charge is 0.188 e. The fourth-order valence-corrected chi connectivity index (χ4v) is 3.68. The van der Waals surface area contributed by atoms with Crippen LogP contribution in [0.15, 0.2) is 51.2 Å². The Morgan fingerprint density at radius 1 is 1.30 bits per heavy atom. The van der Waals surface area contributed by atoms with Crippen LogP contribution in [0.3, 0.4) is 0 Å². The fraction of sp³-hybridized carbons (Fsp3) is 0.353. The van der Waals surface area contributed by atoms with Gasteiger partial charge in [0.15, 0.2) is 5.96 Å². The third-order valence-electron chi connectivity index (χ3n) is 4.10. The lowest BCUT2D eigenvalue weighted by atomic mass is 9.96. The number of benzene rings is 1. The molecule has 1 heterocycles. The molecule has 1 aromatic carbocycles. The van der Waals surface area contributed by atoms with Gasteiger partial charge in [0, 0.05) is 21.3 Å². The molecule has 124 valence electrons. The zero-order valence-electron chi connectivity index (χ0n) is 12.8. The van der Waals surface area contributed by atoms with E-state index < -0.39 is 0 Å². The summed E-state index contributed by atoms with van der Waals surface area (Å²) in [7, 11) is 0. The first-order valence-electron chi connectivity index (χ1n) is 7.50. The average molecular weight is 506 g/mol. The molecule has 0 unspecified atom stereocenters. The highest BCUT2D eigenvalue weighted by Gasteiger charge is 2.44. The Morgan fingerprint density at radius 3 is 2.78 bits per heavy atom. The maximum atomic E-state index is 5.99. The van der Waals surface area contributed by atoms with Crippen molar-refractivity contribution < 1.29 is 0 Å². The Hall–Kier alpha value is -0.600. The van der Waals surface area contributed by atoms with E-state index in [9.17, 15) is 0 Å². The van der Waals surface area contributed by atoms with E-state index in [2.05, 4.69) is 68.0 Å². The molecule has 0 saturated heterocycles. The zero-order chi connectivity index (χ0) is 15.4. The second-order valence-corrected chi connectivity index (χ2v) is 7.70. The molecule has 1 fully saturated rings. The number of nitrogens with two attached hydrogens (primary N) is 1. The number of guanidine groups is 1. The number of hydrogen-bond acceptors (Lipinski definition) is 2. The zero-order valence-corrected chi connectivity index (χ0v) is 17.5. The van der Waals surface area contributed by atoms with E-state index in [1.165, 1.54) is 23.3 Å². The van der Waals surface area contributed by atoms with Crippen molar-refractivity contribution >= 4 is 57.2 Å². The van der Waals surface area contributed by atoms with Gasteiger partial charge in [0.2, 0.25) is 0 Å². The third kappa shape index (κ3) is 5.19. The molecule has 3 nitrogen and oxygen atoms in total. The van der Waals surface area contributed by atoms with Gasteiger partial charge in [-0.15, -0.1) is 35.3 Å². The SMILES string of the molecule is I.NC(=NCC1(c2cccc(Br)c2)CC1)NCCc1cccs1. The molecule has 0 aliphatic heterocycles. The molecule has 1 saturated carbocycles. The number of nitrogens with one attached hydrogen (secondary N) is 1. The molecule has 2 aromatic rings. The second kappa shape index (κ2) is 8.48. The normalized spacial score (nSPS) is 15.8. The molecule has 23 heavy (non-hydrogen) atoms. The summed E-state index contributed by atoms with van der Waals surface area (Å²) in [6.45, 7) is 1.60. The van der Waals surface area contributed by atoms with Gasteiger partial charge in [0.05, 0.1) is 6.54 Å². The molecular formula is C17H21BrIN3S. The van der Waals surface area contributed by atoms with Crippen LogP contribution in [0, 0.1) is 0 Å². The second-order valence-electron chi connectivity index (χ2n) is 5.75. The van der Waals surface area contributed by atoms with E-state index in [4.69, 9.17) is 5.73 Å². The van der Waals surface area contributed by atoms with Crippen molar-refractivity contribution in [1.82, 2.24) is 5.32 Å². The molecule has 0 radical (unpaired) electrons. The standard InChI is InChI=1S/C17H20BrN3S.HI/c18-14-4-1-3-13(11-14)17(7-8-17)12-21-16(19)20-9-6-15-5-2-10-22-15;/h1-5,10-11H,6-9,12H2,(H3,19,20,21);1H. The van der Waals surface area contributed by atoms with Crippen molar-refractivity contribution in [2.24, 2.45) is 10.7 Å². The quantitative estimate of drug-likeness (QED) is 0.349. The Labute approximate surface area is 166 Å². The summed E-state index contributed by atoms with van der Waals surface area (Å²) in [6.07, 6.45) is 3.37. The van der Waals surface area contributed by atoms with Gasteiger partial charge in [0.25, 0.3) is 0 Å². The number of rotatable bonds is 6. The van der Waals surface area contributed by atoms with Crippen molar-refractivity contribution in [3.05, 3.63) is 56.7 Å². The summed E-state index contributed by atoms with van der Waals surface area (Å²) < 4.78 is 1.13. The predicted molar refractivity (Wildman–Crippen MR) is 113 cm³/mol. The van der Waals surface area contributed by atoms with Crippen molar-refractivity contribution in [1.29, 1.82) is 0 Å². The van der Waals surface area contributed by atoms with Gasteiger partial charge < -0.3 is 11.1 Å². The maximum absolute atomic E-state index is 5.99. The van der Waals surface area contributed by atoms with Gasteiger partial charge >= 0.3 is 0 Å². The van der Waals surface area contributed by atoms with Gasteiger partial charge in [-0.05, 0) is 48.4 Å². The summed E-state index contributed by atoms with van der Waals surface area (Å²) in [5, 5.41) is 5.31. The monoisotopic (exact) mass is 505 g/mol. The highest BCUT2D eigenvalue weighted by molar-refractivity contribution is 14.0. The molecule has 0 atom stereocenters. The summed E-state index contributed by atoms with van der Waals surface area (Å²) in [5.41, 5.74) is 7.55. The summed E-state index contributed by atoms with van der Waals surface area (Å²) in [4.78, 5) is 5.92. The van der Waals surface area contributed by atoms with Crippen molar-refractivity contribution in [2.45, 2.75) is 24.7 Å². The first-order chi connectivity index (χ1) is 10.7. The van der Waals surface area contributed by atoms with Crippen LogP contribution in [0.4, 0.5) is 0 Å². The lowest BCUT2D eigenvalue weighted by Crippen LogP contribution is -2.34. The number of aliphatic imine (C=N–C) groups is 1. The topological polar surface area (TPSA) is 50.4 Å². The number of nitrogens with zero attached hydrogens (tertiary/aromatic N) is 1. The molecular weight excluding hydrogens is 485 g/mol. The van der Waals surface area contributed by atoms with Crippen LogP contribution < -0.4 is 11.1 Å². The van der Waals surface area contributed by atoms with Crippen LogP contribution in [0.25, 0.3) is 0 Å². The largest absolute Gasteiger partial charge is 0.370 e. The predicted octanol–water partition coefficient (Wildman–Crippen LogP) is 4.31. The van der Waals surface area contributed by atoms with Gasteiger partial charge in [-0.3, -0.25) is 4.99 Å². The molecule has 0 bridgehead atoms. The highest BCUT2D eigenvalue weighted by Crippen LogP contribution is 2.48. The minimum absolute atomic E-state index is 0. The van der Waals surface area contributed by atoms with Crippen molar-refractivity contribution in [3.8, 4) is 0 Å². The highest BCUT2D eigenvalue weighted by atomic mass is 127. The van der Waals surface area contributed by atoms with Crippen LogP contribution in [-0.2, 0) is 11.8 Å². The Kier molecular flexibility index (Phi) is 6.91. The third-order valence-corrected chi connectivity index (χ3v) is 5.53.